The summed E-state index contributed by atoms with van der Waals surface area (Å²) >= 11 is 0. The fourth-order valence-electron chi connectivity index (χ4n) is 8.10. The second-order valence-corrected chi connectivity index (χ2v) is 18.8. The van der Waals surface area contributed by atoms with Gasteiger partial charge in [0.15, 0.2) is 6.29 Å². The molecule has 62 heavy (non-hydrogen) atoms. The van der Waals surface area contributed by atoms with Gasteiger partial charge >= 0.3 is 10.4 Å². The highest BCUT2D eigenvalue weighted by Crippen LogP contribution is 2.26. The Morgan fingerprint density at radius 3 is 1.53 bits per heavy atom. The predicted octanol–water partition coefficient (Wildman–Crippen LogP) is 10.5. The Morgan fingerprint density at radius 2 is 1.08 bits per heavy atom. The third kappa shape index (κ3) is 32.3. The van der Waals surface area contributed by atoms with Crippen molar-refractivity contribution in [1.29, 1.82) is 0 Å². The van der Waals surface area contributed by atoms with Crippen molar-refractivity contribution in [2.24, 2.45) is 0 Å². The van der Waals surface area contributed by atoms with Gasteiger partial charge in [-0.3, -0.25) is 9.35 Å². The van der Waals surface area contributed by atoms with E-state index in [0.29, 0.717) is 12.8 Å². The molecule has 7 atom stereocenters. The number of aliphatic hydroxyl groups excluding tert-OH is 4. The molecule has 366 valence electrons. The van der Waals surface area contributed by atoms with Crippen LogP contribution in [0.1, 0.15) is 226 Å². The van der Waals surface area contributed by atoms with Crippen LogP contribution in [-0.4, -0.2) is 95.4 Å². The van der Waals surface area contributed by atoms with E-state index in [-0.39, 0.29) is 18.9 Å². The zero-order valence-electron chi connectivity index (χ0n) is 39.2. The Morgan fingerprint density at radius 1 is 0.645 bits per heavy atom. The normalized spacial score (nSPS) is 20.7. The van der Waals surface area contributed by atoms with Crippen LogP contribution in [0.5, 0.6) is 0 Å². The van der Waals surface area contributed by atoms with Crippen molar-refractivity contribution in [1.82, 2.24) is 5.32 Å². The maximum atomic E-state index is 13.0. The minimum Gasteiger partial charge on any atom is -0.394 e. The van der Waals surface area contributed by atoms with Crippen molar-refractivity contribution in [3.05, 3.63) is 24.3 Å². The molecule has 0 aromatic carbocycles. The Labute approximate surface area is 378 Å². The fourth-order valence-corrected chi connectivity index (χ4v) is 8.61. The van der Waals surface area contributed by atoms with Crippen LogP contribution in [0.15, 0.2) is 24.3 Å². The van der Waals surface area contributed by atoms with Gasteiger partial charge in [0.2, 0.25) is 5.91 Å². The summed E-state index contributed by atoms with van der Waals surface area (Å²) in [5, 5.41) is 44.9. The van der Waals surface area contributed by atoms with Gasteiger partial charge < -0.3 is 35.2 Å². The molecule has 0 saturated carbocycles. The molecule has 1 heterocycles. The third-order valence-corrected chi connectivity index (χ3v) is 12.5. The molecule has 1 rings (SSSR count). The van der Waals surface area contributed by atoms with Crippen LogP contribution in [0.4, 0.5) is 0 Å². The lowest BCUT2D eigenvalue weighted by Crippen LogP contribution is -2.61. The molecule has 0 aromatic heterocycles. The average molecular weight is 904 g/mol. The molecule has 0 aliphatic carbocycles. The number of hydrogen-bond donors (Lipinski definition) is 6. The van der Waals surface area contributed by atoms with Crippen molar-refractivity contribution < 1.29 is 51.8 Å². The van der Waals surface area contributed by atoms with E-state index < -0.39 is 59.9 Å². The molecule has 0 radical (unpaired) electrons. The molecule has 1 saturated heterocycles. The lowest BCUT2D eigenvalue weighted by molar-refractivity contribution is -0.298. The van der Waals surface area contributed by atoms with Crippen LogP contribution < -0.4 is 5.32 Å². The quantitative estimate of drug-likeness (QED) is 0.0194. The Kier molecular flexibility index (Phi) is 37.7. The number of amides is 1. The largest absolute Gasteiger partial charge is 0.397 e. The minimum absolute atomic E-state index is 0.187. The summed E-state index contributed by atoms with van der Waals surface area (Å²) in [5.41, 5.74) is 0. The van der Waals surface area contributed by atoms with Gasteiger partial charge in [-0.2, -0.15) is 8.42 Å². The monoisotopic (exact) mass is 904 g/mol. The molecule has 1 aliphatic rings. The highest BCUT2D eigenvalue weighted by molar-refractivity contribution is 7.80. The van der Waals surface area contributed by atoms with E-state index in [0.717, 1.165) is 38.5 Å². The molecule has 0 spiro atoms. The molecule has 1 amide bonds. The number of allylic oxidation sites excluding steroid dienone is 4. The van der Waals surface area contributed by atoms with Gasteiger partial charge in [0, 0.05) is 6.42 Å². The van der Waals surface area contributed by atoms with Crippen molar-refractivity contribution in [3.8, 4) is 0 Å². The van der Waals surface area contributed by atoms with Gasteiger partial charge in [0.1, 0.15) is 24.4 Å². The van der Waals surface area contributed by atoms with Gasteiger partial charge in [-0.15, -0.1) is 0 Å². The summed E-state index contributed by atoms with van der Waals surface area (Å²) in [6.45, 7) is 3.42. The number of nitrogens with one attached hydrogen (secondary N) is 1. The van der Waals surface area contributed by atoms with Crippen LogP contribution in [0.3, 0.4) is 0 Å². The third-order valence-electron chi connectivity index (χ3n) is 12.0. The number of rotatable bonds is 43. The zero-order chi connectivity index (χ0) is 45.5. The Hall–Kier alpha value is -1.42. The van der Waals surface area contributed by atoms with Crippen LogP contribution in [0.2, 0.25) is 0 Å². The van der Waals surface area contributed by atoms with Gasteiger partial charge in [-0.25, -0.2) is 4.18 Å². The maximum Gasteiger partial charge on any atom is 0.397 e. The number of carbonyl (C=O) groups excluding carboxylic acids is 1. The summed E-state index contributed by atoms with van der Waals surface area (Å²) in [5.74, 6) is -0.295. The van der Waals surface area contributed by atoms with E-state index in [9.17, 15) is 38.2 Å². The summed E-state index contributed by atoms with van der Waals surface area (Å²) in [4.78, 5) is 13.0. The molecule has 0 aromatic rings. The van der Waals surface area contributed by atoms with Gasteiger partial charge in [-0.05, 0) is 32.1 Å². The first-order valence-corrected chi connectivity index (χ1v) is 26.6. The molecule has 13 heteroatoms. The number of ether oxygens (including phenoxy) is 2. The van der Waals surface area contributed by atoms with Crippen molar-refractivity contribution in [3.63, 3.8) is 0 Å². The van der Waals surface area contributed by atoms with Crippen LogP contribution >= 0.6 is 0 Å². The first-order valence-electron chi connectivity index (χ1n) is 25.2. The predicted molar refractivity (Wildman–Crippen MR) is 250 cm³/mol. The van der Waals surface area contributed by atoms with E-state index in [2.05, 4.69) is 35.5 Å². The van der Waals surface area contributed by atoms with Crippen LogP contribution in [0, 0.1) is 0 Å². The van der Waals surface area contributed by atoms with Gasteiger partial charge in [-0.1, -0.05) is 212 Å². The average Bonchev–Trinajstić information content (AvgIpc) is 3.24. The second kappa shape index (κ2) is 39.9. The fraction of sp³-hybridized carbons (Fsp3) is 0.898. The van der Waals surface area contributed by atoms with Crippen molar-refractivity contribution in [2.75, 3.05) is 13.2 Å². The summed E-state index contributed by atoms with van der Waals surface area (Å²) in [7, 11) is -5.08. The maximum absolute atomic E-state index is 13.0. The number of aliphatic hydroxyl groups is 4. The zero-order valence-corrected chi connectivity index (χ0v) is 40.0. The molecule has 7 unspecified atom stereocenters. The molecule has 12 nitrogen and oxygen atoms in total. The van der Waals surface area contributed by atoms with Crippen LogP contribution in [0.25, 0.3) is 0 Å². The smallest absolute Gasteiger partial charge is 0.394 e. The second-order valence-electron chi connectivity index (χ2n) is 17.8. The molecular weight excluding hydrogens is 811 g/mol. The molecule has 1 fully saturated rings. The highest BCUT2D eigenvalue weighted by atomic mass is 32.3. The molecule has 6 N–H and O–H groups in total. The first-order chi connectivity index (χ1) is 30.0. The minimum atomic E-state index is -5.08. The number of hydrogen-bond acceptors (Lipinski definition) is 10. The van der Waals surface area contributed by atoms with E-state index >= 15 is 0 Å². The molecule has 0 bridgehead atoms. The molecule has 1 aliphatic heterocycles. The van der Waals surface area contributed by atoms with Crippen molar-refractivity contribution in [2.45, 2.75) is 269 Å². The SMILES string of the molecule is CCCCCCCC/C=C\C/C=C\CCC(=O)NC(COC1OC(CO)C(O)C(OS(=O)(=O)O)C1O)C(O)CCCCCCCCCCCCCCCCCCCCCCCC. The van der Waals surface area contributed by atoms with E-state index in [1.807, 2.05) is 12.2 Å². The standard InChI is InChI=1S/C49H93NO11S/c1-3-5-7-9-11-13-15-17-18-19-20-21-22-23-24-25-27-28-30-32-34-36-38-43(52)42(41-59-49-47(55)48(61-62(56,57)58)46(54)44(40-51)60-49)50-45(53)39-37-35-33-31-29-26-16-14-12-10-8-6-4-2/h26,29,33,35,42-44,46-49,51-52,54-55H,3-25,27-28,30-32,34,36-41H2,1-2H3,(H,50,53)(H,56,57,58)/b29-26-,35-33-. The Bertz CT molecular complexity index is 1200. The van der Waals surface area contributed by atoms with E-state index in [1.165, 1.54) is 154 Å². The molecular formula is C49H93NO11S. The lowest BCUT2D eigenvalue weighted by atomic mass is 9.99. The van der Waals surface area contributed by atoms with Gasteiger partial charge in [0.05, 0.1) is 25.4 Å². The van der Waals surface area contributed by atoms with Crippen LogP contribution in [-0.2, 0) is 28.9 Å². The summed E-state index contributed by atoms with van der Waals surface area (Å²) in [6.07, 6.45) is 37.7. The summed E-state index contributed by atoms with van der Waals surface area (Å²) < 4.78 is 47.7. The first kappa shape index (κ1) is 58.6. The van der Waals surface area contributed by atoms with E-state index in [1.54, 1.807) is 0 Å². The number of carbonyl (C=O) groups is 1. The van der Waals surface area contributed by atoms with Gasteiger partial charge in [0.25, 0.3) is 0 Å². The van der Waals surface area contributed by atoms with Crippen molar-refractivity contribution >= 4 is 16.3 Å². The highest BCUT2D eigenvalue weighted by Gasteiger charge is 2.48. The Balaban J connectivity index is 2.43. The topological polar surface area (TPSA) is 192 Å². The summed E-state index contributed by atoms with van der Waals surface area (Å²) in [6, 6.07) is -0.887. The van der Waals surface area contributed by atoms with E-state index in [4.69, 9.17) is 9.47 Å². The lowest BCUT2D eigenvalue weighted by Gasteiger charge is -2.41. The number of unbranched alkanes of at least 4 members (excludes halogenated alkanes) is 27.